The molecule has 0 aliphatic rings. The topological polar surface area (TPSA) is 96.0 Å². The first-order valence-corrected chi connectivity index (χ1v) is 6.48. The second-order valence-electron chi connectivity index (χ2n) is 4.27. The van der Waals surface area contributed by atoms with Crippen molar-refractivity contribution in [3.05, 3.63) is 48.9 Å². The first-order chi connectivity index (χ1) is 10.8. The molecule has 7 nitrogen and oxygen atoms in total. The smallest absolute Gasteiger partial charge is 0.199 e. The van der Waals surface area contributed by atoms with E-state index in [1.54, 1.807) is 37.7 Å². The highest BCUT2D eigenvalue weighted by Crippen LogP contribution is 2.33. The third-order valence-corrected chi connectivity index (χ3v) is 2.84. The Balaban J connectivity index is 1.90. The Labute approximate surface area is 126 Å². The van der Waals surface area contributed by atoms with Gasteiger partial charge >= 0.3 is 0 Å². The molecule has 0 atom stereocenters. The second kappa shape index (κ2) is 6.04. The van der Waals surface area contributed by atoms with Crippen LogP contribution >= 0.6 is 0 Å². The van der Waals surface area contributed by atoms with Crippen LogP contribution < -0.4 is 15.2 Å². The van der Waals surface area contributed by atoms with Gasteiger partial charge in [0.2, 0.25) is 0 Å². The minimum absolute atomic E-state index is 0.198. The highest BCUT2D eigenvalue weighted by Gasteiger charge is 2.11. The van der Waals surface area contributed by atoms with Crippen molar-refractivity contribution in [1.82, 2.24) is 19.9 Å². The summed E-state index contributed by atoms with van der Waals surface area (Å²) in [5.41, 5.74) is 5.93. The van der Waals surface area contributed by atoms with Crippen molar-refractivity contribution in [1.29, 1.82) is 0 Å². The van der Waals surface area contributed by atoms with Gasteiger partial charge in [-0.2, -0.15) is 0 Å². The highest BCUT2D eigenvalue weighted by molar-refractivity contribution is 5.54. The Morgan fingerprint density at radius 1 is 0.864 bits per heavy atom. The van der Waals surface area contributed by atoms with Crippen molar-refractivity contribution in [2.75, 3.05) is 12.8 Å². The van der Waals surface area contributed by atoms with Crippen molar-refractivity contribution < 1.29 is 9.47 Å². The van der Waals surface area contributed by atoms with Gasteiger partial charge in [0, 0.05) is 12.4 Å². The number of nitrogens with zero attached hydrogens (tertiary/aromatic N) is 4. The number of nitrogens with two attached hydrogens (primary N) is 1. The van der Waals surface area contributed by atoms with Crippen LogP contribution in [-0.2, 0) is 0 Å². The lowest BCUT2D eigenvalue weighted by Gasteiger charge is -2.11. The van der Waals surface area contributed by atoms with Gasteiger partial charge in [-0.05, 0) is 18.2 Å². The first kappa shape index (κ1) is 13.7. The van der Waals surface area contributed by atoms with E-state index in [9.17, 15) is 0 Å². The van der Waals surface area contributed by atoms with Gasteiger partial charge in [-0.1, -0.05) is 12.1 Å². The summed E-state index contributed by atoms with van der Waals surface area (Å²) < 4.78 is 10.9. The van der Waals surface area contributed by atoms with Crippen molar-refractivity contribution in [3.63, 3.8) is 0 Å². The van der Waals surface area contributed by atoms with Crippen LogP contribution in [0.4, 0.5) is 5.82 Å². The summed E-state index contributed by atoms with van der Waals surface area (Å²) in [7, 11) is 1.57. The van der Waals surface area contributed by atoms with E-state index in [0.717, 1.165) is 0 Å². The van der Waals surface area contributed by atoms with E-state index < -0.39 is 0 Å². The first-order valence-electron chi connectivity index (χ1n) is 6.48. The predicted molar refractivity (Wildman–Crippen MR) is 80.5 cm³/mol. The monoisotopic (exact) mass is 295 g/mol. The van der Waals surface area contributed by atoms with Crippen LogP contribution in [0.5, 0.6) is 17.2 Å². The summed E-state index contributed by atoms with van der Waals surface area (Å²) in [6.45, 7) is 0. The van der Waals surface area contributed by atoms with Crippen LogP contribution in [0.2, 0.25) is 0 Å². The Morgan fingerprint density at radius 2 is 1.59 bits per heavy atom. The molecule has 22 heavy (non-hydrogen) atoms. The zero-order valence-electron chi connectivity index (χ0n) is 11.8. The summed E-state index contributed by atoms with van der Waals surface area (Å²) in [5, 5.41) is 0. The number of anilines is 1. The summed E-state index contributed by atoms with van der Waals surface area (Å²) >= 11 is 0. The number of nitrogen functional groups attached to an aromatic ring is 1. The van der Waals surface area contributed by atoms with Crippen LogP contribution in [0, 0.1) is 0 Å². The molecule has 7 heteroatoms. The molecule has 0 amide bonds. The molecule has 3 rings (SSSR count). The summed E-state index contributed by atoms with van der Waals surface area (Å²) in [5.74, 6) is 2.40. The van der Waals surface area contributed by atoms with Crippen LogP contribution in [0.1, 0.15) is 0 Å². The largest absolute Gasteiger partial charge is 0.493 e. The van der Waals surface area contributed by atoms with Crippen molar-refractivity contribution in [3.8, 4) is 28.9 Å². The fourth-order valence-electron chi connectivity index (χ4n) is 1.81. The normalized spacial score (nSPS) is 10.2. The molecule has 1 aromatic carbocycles. The van der Waals surface area contributed by atoms with Gasteiger partial charge in [0.1, 0.15) is 0 Å². The van der Waals surface area contributed by atoms with Gasteiger partial charge in [0.15, 0.2) is 34.7 Å². The number of hydrogen-bond donors (Lipinski definition) is 1. The molecule has 0 unspecified atom stereocenters. The second-order valence-corrected chi connectivity index (χ2v) is 4.27. The molecule has 110 valence electrons. The SMILES string of the molecule is COc1ccccc1Oc1cnc(-c2ncccn2)nc1N. The number of methoxy groups -OCH3 is 1. The molecule has 0 saturated heterocycles. The standard InChI is InChI=1S/C15H13N5O2/c1-21-10-5-2-3-6-11(10)22-12-9-19-15(20-13(12)16)14-17-7-4-8-18-14/h2-9H,1H3,(H2,16,19,20). The minimum atomic E-state index is 0.198. The average molecular weight is 295 g/mol. The number of aromatic nitrogens is 4. The lowest BCUT2D eigenvalue weighted by atomic mass is 10.3. The molecule has 0 fully saturated rings. The Morgan fingerprint density at radius 3 is 2.27 bits per heavy atom. The molecule has 2 heterocycles. The van der Waals surface area contributed by atoms with Crippen molar-refractivity contribution >= 4 is 5.82 Å². The van der Waals surface area contributed by atoms with Gasteiger partial charge < -0.3 is 15.2 Å². The fraction of sp³-hybridized carbons (Fsp3) is 0.0667. The predicted octanol–water partition coefficient (Wildman–Crippen LogP) is 2.32. The zero-order valence-corrected chi connectivity index (χ0v) is 11.8. The minimum Gasteiger partial charge on any atom is -0.493 e. The van der Waals surface area contributed by atoms with E-state index in [1.165, 1.54) is 6.20 Å². The zero-order chi connectivity index (χ0) is 15.4. The number of para-hydroxylation sites is 2. The number of rotatable bonds is 4. The van der Waals surface area contributed by atoms with E-state index in [0.29, 0.717) is 28.9 Å². The quantitative estimate of drug-likeness (QED) is 0.788. The molecular formula is C15H13N5O2. The van der Waals surface area contributed by atoms with Crippen LogP contribution in [0.25, 0.3) is 11.6 Å². The van der Waals surface area contributed by atoms with E-state index in [1.807, 2.05) is 12.1 Å². The Bertz CT molecular complexity index is 780. The van der Waals surface area contributed by atoms with Gasteiger partial charge in [0.05, 0.1) is 13.3 Å². The Hall–Kier alpha value is -3.22. The van der Waals surface area contributed by atoms with E-state index in [2.05, 4.69) is 19.9 Å². The third kappa shape index (κ3) is 2.78. The number of ether oxygens (including phenoxy) is 2. The fourth-order valence-corrected chi connectivity index (χ4v) is 1.81. The molecule has 2 N–H and O–H groups in total. The van der Waals surface area contributed by atoms with Crippen LogP contribution in [0.3, 0.4) is 0 Å². The molecule has 0 aliphatic heterocycles. The van der Waals surface area contributed by atoms with E-state index in [-0.39, 0.29) is 5.82 Å². The summed E-state index contributed by atoms with van der Waals surface area (Å²) in [6, 6.07) is 8.96. The molecule has 0 saturated carbocycles. The summed E-state index contributed by atoms with van der Waals surface area (Å²) in [6.07, 6.45) is 4.71. The number of hydrogen-bond acceptors (Lipinski definition) is 7. The molecule has 0 spiro atoms. The van der Waals surface area contributed by atoms with Crippen LogP contribution in [-0.4, -0.2) is 27.0 Å². The maximum absolute atomic E-state index is 5.93. The lowest BCUT2D eigenvalue weighted by Crippen LogP contribution is -2.01. The highest BCUT2D eigenvalue weighted by atomic mass is 16.5. The third-order valence-electron chi connectivity index (χ3n) is 2.84. The Kier molecular flexibility index (Phi) is 3.78. The molecule has 0 aliphatic carbocycles. The maximum Gasteiger partial charge on any atom is 0.199 e. The molecule has 3 aromatic rings. The lowest BCUT2D eigenvalue weighted by molar-refractivity contribution is 0.378. The molecule has 0 bridgehead atoms. The van der Waals surface area contributed by atoms with E-state index >= 15 is 0 Å². The molecule has 2 aromatic heterocycles. The molecular weight excluding hydrogens is 282 g/mol. The molecule has 0 radical (unpaired) electrons. The summed E-state index contributed by atoms with van der Waals surface area (Å²) in [4.78, 5) is 16.5. The van der Waals surface area contributed by atoms with E-state index in [4.69, 9.17) is 15.2 Å². The van der Waals surface area contributed by atoms with Crippen molar-refractivity contribution in [2.24, 2.45) is 0 Å². The maximum atomic E-state index is 5.93. The van der Waals surface area contributed by atoms with Gasteiger partial charge in [0.25, 0.3) is 0 Å². The average Bonchev–Trinajstić information content (AvgIpc) is 2.58. The number of benzene rings is 1. The van der Waals surface area contributed by atoms with Gasteiger partial charge in [-0.3, -0.25) is 0 Å². The van der Waals surface area contributed by atoms with Crippen molar-refractivity contribution in [2.45, 2.75) is 0 Å². The van der Waals surface area contributed by atoms with Crippen LogP contribution in [0.15, 0.2) is 48.9 Å². The van der Waals surface area contributed by atoms with Gasteiger partial charge in [-0.25, -0.2) is 19.9 Å². The van der Waals surface area contributed by atoms with Gasteiger partial charge in [-0.15, -0.1) is 0 Å².